The average Bonchev–Trinajstić information content (AvgIpc) is 2.85. The zero-order valence-corrected chi connectivity index (χ0v) is 10.6. The number of H-pyrrole nitrogens is 1. The topological polar surface area (TPSA) is 53.9 Å². The molecule has 17 heavy (non-hydrogen) atoms. The quantitative estimate of drug-likeness (QED) is 0.781. The lowest BCUT2D eigenvalue weighted by atomic mass is 10.1. The van der Waals surface area contributed by atoms with Crippen molar-refractivity contribution in [2.45, 2.75) is 33.7 Å². The summed E-state index contributed by atoms with van der Waals surface area (Å²) in [6, 6.07) is 2.05. The molecule has 0 radical (unpaired) electrons. The first-order valence-corrected chi connectivity index (χ1v) is 6.02. The summed E-state index contributed by atoms with van der Waals surface area (Å²) in [4.78, 5) is 0. The van der Waals surface area contributed by atoms with Crippen LogP contribution in [0.4, 0.5) is 0 Å². The number of hydrogen-bond acceptors (Lipinski definition) is 3. The molecule has 0 bridgehead atoms. The van der Waals surface area contributed by atoms with E-state index in [4.69, 9.17) is 4.42 Å². The summed E-state index contributed by atoms with van der Waals surface area (Å²) in [7, 11) is 0. The number of aromatic nitrogens is 2. The van der Waals surface area contributed by atoms with E-state index in [1.807, 2.05) is 26.1 Å². The van der Waals surface area contributed by atoms with Crippen molar-refractivity contribution in [3.05, 3.63) is 29.3 Å². The summed E-state index contributed by atoms with van der Waals surface area (Å²) >= 11 is 0. The van der Waals surface area contributed by atoms with E-state index in [2.05, 4.69) is 22.4 Å². The normalized spacial score (nSPS) is 11.0. The van der Waals surface area contributed by atoms with Crippen molar-refractivity contribution < 1.29 is 4.42 Å². The standard InChI is InChI=1S/C13H19N3O/c1-4-5-14-7-11-8-15-16-13(11)12-6-9(2)17-10(12)3/h6,8,14H,4-5,7H2,1-3H3,(H,15,16). The highest BCUT2D eigenvalue weighted by atomic mass is 16.3. The molecule has 2 heterocycles. The van der Waals surface area contributed by atoms with Gasteiger partial charge in [-0.1, -0.05) is 6.92 Å². The summed E-state index contributed by atoms with van der Waals surface area (Å²) in [6.07, 6.45) is 3.01. The van der Waals surface area contributed by atoms with Gasteiger partial charge in [0.1, 0.15) is 11.5 Å². The molecule has 2 aromatic heterocycles. The molecule has 2 rings (SSSR count). The highest BCUT2D eigenvalue weighted by Crippen LogP contribution is 2.27. The fraction of sp³-hybridized carbons (Fsp3) is 0.462. The van der Waals surface area contributed by atoms with Crippen LogP contribution in [0, 0.1) is 13.8 Å². The minimum Gasteiger partial charge on any atom is -0.466 e. The Morgan fingerprint density at radius 1 is 1.41 bits per heavy atom. The van der Waals surface area contributed by atoms with Crippen LogP contribution >= 0.6 is 0 Å². The SMILES string of the molecule is CCCNCc1cn[nH]c1-c1cc(C)oc1C. The van der Waals surface area contributed by atoms with Crippen LogP contribution in [-0.2, 0) is 6.54 Å². The van der Waals surface area contributed by atoms with E-state index in [0.29, 0.717) is 0 Å². The summed E-state index contributed by atoms with van der Waals surface area (Å²) in [5.41, 5.74) is 3.35. The summed E-state index contributed by atoms with van der Waals surface area (Å²) in [5, 5.41) is 10.6. The summed E-state index contributed by atoms with van der Waals surface area (Å²) < 4.78 is 5.55. The Bertz CT molecular complexity index is 485. The zero-order chi connectivity index (χ0) is 12.3. The van der Waals surface area contributed by atoms with Gasteiger partial charge in [-0.05, 0) is 32.9 Å². The van der Waals surface area contributed by atoms with Crippen LogP contribution in [0.3, 0.4) is 0 Å². The van der Waals surface area contributed by atoms with Crippen LogP contribution in [0.25, 0.3) is 11.3 Å². The Morgan fingerprint density at radius 3 is 2.88 bits per heavy atom. The Hall–Kier alpha value is -1.55. The van der Waals surface area contributed by atoms with Crippen molar-refractivity contribution in [1.29, 1.82) is 0 Å². The third-order valence-corrected chi connectivity index (χ3v) is 2.77. The smallest absolute Gasteiger partial charge is 0.110 e. The van der Waals surface area contributed by atoms with E-state index in [1.165, 1.54) is 5.56 Å². The minimum atomic E-state index is 0.837. The summed E-state index contributed by atoms with van der Waals surface area (Å²) in [5.74, 6) is 1.86. The first-order valence-electron chi connectivity index (χ1n) is 6.02. The van der Waals surface area contributed by atoms with Crippen molar-refractivity contribution in [2.24, 2.45) is 0 Å². The second-order valence-electron chi connectivity index (χ2n) is 4.27. The van der Waals surface area contributed by atoms with Gasteiger partial charge in [-0.15, -0.1) is 0 Å². The second-order valence-corrected chi connectivity index (χ2v) is 4.27. The fourth-order valence-corrected chi connectivity index (χ4v) is 1.96. The molecule has 0 aromatic carbocycles. The van der Waals surface area contributed by atoms with E-state index < -0.39 is 0 Å². The molecule has 0 aliphatic rings. The van der Waals surface area contributed by atoms with Crippen LogP contribution in [0.1, 0.15) is 30.4 Å². The highest BCUT2D eigenvalue weighted by molar-refractivity contribution is 5.65. The predicted molar refractivity (Wildman–Crippen MR) is 67.8 cm³/mol. The van der Waals surface area contributed by atoms with Gasteiger partial charge in [-0.2, -0.15) is 5.10 Å². The Balaban J connectivity index is 2.21. The number of nitrogens with zero attached hydrogens (tertiary/aromatic N) is 1. The van der Waals surface area contributed by atoms with Crippen LogP contribution in [0.15, 0.2) is 16.7 Å². The maximum Gasteiger partial charge on any atom is 0.110 e. The van der Waals surface area contributed by atoms with Crippen LogP contribution < -0.4 is 5.32 Å². The van der Waals surface area contributed by atoms with Crippen LogP contribution in [0.2, 0.25) is 0 Å². The molecule has 0 fully saturated rings. The molecular formula is C13H19N3O. The molecule has 0 aliphatic carbocycles. The molecule has 0 unspecified atom stereocenters. The fourth-order valence-electron chi connectivity index (χ4n) is 1.96. The molecular weight excluding hydrogens is 214 g/mol. The zero-order valence-electron chi connectivity index (χ0n) is 10.6. The van der Waals surface area contributed by atoms with Gasteiger partial charge in [0.05, 0.1) is 11.9 Å². The molecule has 0 aliphatic heterocycles. The van der Waals surface area contributed by atoms with Crippen molar-refractivity contribution in [3.8, 4) is 11.3 Å². The molecule has 0 saturated carbocycles. The first-order chi connectivity index (χ1) is 8.22. The monoisotopic (exact) mass is 233 g/mol. The molecule has 2 aromatic rings. The summed E-state index contributed by atoms with van der Waals surface area (Å²) in [6.45, 7) is 7.96. The van der Waals surface area contributed by atoms with Gasteiger partial charge >= 0.3 is 0 Å². The number of furan rings is 1. The number of aromatic amines is 1. The van der Waals surface area contributed by atoms with Gasteiger partial charge in [0.2, 0.25) is 0 Å². The van der Waals surface area contributed by atoms with Gasteiger partial charge in [0.15, 0.2) is 0 Å². The van der Waals surface area contributed by atoms with Gasteiger partial charge in [-0.25, -0.2) is 0 Å². The van der Waals surface area contributed by atoms with E-state index in [9.17, 15) is 0 Å². The van der Waals surface area contributed by atoms with E-state index in [0.717, 1.165) is 42.3 Å². The first kappa shape index (κ1) is 11.9. The molecule has 4 nitrogen and oxygen atoms in total. The lowest BCUT2D eigenvalue weighted by Gasteiger charge is -2.03. The third kappa shape index (κ3) is 2.58. The lowest BCUT2D eigenvalue weighted by Crippen LogP contribution is -2.13. The third-order valence-electron chi connectivity index (χ3n) is 2.77. The van der Waals surface area contributed by atoms with Crippen LogP contribution in [0.5, 0.6) is 0 Å². The minimum absolute atomic E-state index is 0.837. The molecule has 0 atom stereocenters. The maximum atomic E-state index is 5.55. The maximum absolute atomic E-state index is 5.55. The molecule has 0 amide bonds. The van der Waals surface area contributed by atoms with Gasteiger partial charge < -0.3 is 9.73 Å². The lowest BCUT2D eigenvalue weighted by molar-refractivity contribution is 0.505. The van der Waals surface area contributed by atoms with Crippen molar-refractivity contribution in [1.82, 2.24) is 15.5 Å². The Kier molecular flexibility index (Phi) is 3.64. The second kappa shape index (κ2) is 5.19. The van der Waals surface area contributed by atoms with Gasteiger partial charge in [0.25, 0.3) is 0 Å². The van der Waals surface area contributed by atoms with Crippen molar-refractivity contribution in [3.63, 3.8) is 0 Å². The van der Waals surface area contributed by atoms with Gasteiger partial charge in [0, 0.05) is 17.7 Å². The van der Waals surface area contributed by atoms with Crippen molar-refractivity contribution >= 4 is 0 Å². The predicted octanol–water partition coefficient (Wildman–Crippen LogP) is 2.79. The Labute approximate surface area is 101 Å². The average molecular weight is 233 g/mol. The van der Waals surface area contributed by atoms with Gasteiger partial charge in [-0.3, -0.25) is 5.10 Å². The number of rotatable bonds is 5. The number of hydrogen-bond donors (Lipinski definition) is 2. The number of aryl methyl sites for hydroxylation is 2. The molecule has 4 heteroatoms. The van der Waals surface area contributed by atoms with Crippen LogP contribution in [-0.4, -0.2) is 16.7 Å². The largest absolute Gasteiger partial charge is 0.466 e. The highest BCUT2D eigenvalue weighted by Gasteiger charge is 2.13. The Morgan fingerprint density at radius 2 is 2.24 bits per heavy atom. The van der Waals surface area contributed by atoms with E-state index in [1.54, 1.807) is 0 Å². The molecule has 0 saturated heterocycles. The number of nitrogens with one attached hydrogen (secondary N) is 2. The van der Waals surface area contributed by atoms with Crippen molar-refractivity contribution in [2.75, 3.05) is 6.54 Å². The van der Waals surface area contributed by atoms with E-state index in [-0.39, 0.29) is 0 Å². The molecule has 2 N–H and O–H groups in total. The van der Waals surface area contributed by atoms with E-state index >= 15 is 0 Å². The molecule has 92 valence electrons. The molecule has 0 spiro atoms.